The van der Waals surface area contributed by atoms with Gasteiger partial charge in [0.1, 0.15) is 37.1 Å². The SMILES string of the molecule is COC[C@@]12CO[C@H](C1OP(C)(=O)[O-])[C@H](n1cc(C#CCNC(=O)O[C@@H]3CC[C@@]4(C)C(=CC[C@@H]5[C@@H]6CC[C@H](C(C)CCCC(C)C)[C@@]6(C)CC[C@@H]54)C3)c(=O)[nH]c1=O)O2. The highest BCUT2D eigenvalue weighted by Gasteiger charge is 2.64. The average molecular weight is 813 g/mol. The van der Waals surface area contributed by atoms with E-state index in [1.807, 2.05) is 0 Å². The van der Waals surface area contributed by atoms with Crippen LogP contribution in [0.15, 0.2) is 27.4 Å². The van der Waals surface area contributed by atoms with E-state index in [0.29, 0.717) is 11.3 Å². The van der Waals surface area contributed by atoms with Gasteiger partial charge in [-0.3, -0.25) is 14.3 Å². The summed E-state index contributed by atoms with van der Waals surface area (Å²) in [6, 6.07) is 0. The van der Waals surface area contributed by atoms with Gasteiger partial charge in [-0.25, -0.2) is 9.59 Å². The average Bonchev–Trinajstić information content (AvgIpc) is 3.76. The summed E-state index contributed by atoms with van der Waals surface area (Å²) < 4.78 is 41.6. The van der Waals surface area contributed by atoms with Gasteiger partial charge in [0.05, 0.1) is 19.8 Å². The Balaban J connectivity index is 0.938. The molecule has 57 heavy (non-hydrogen) atoms. The van der Waals surface area contributed by atoms with Crippen molar-refractivity contribution < 1.29 is 37.7 Å². The number of ether oxygens (including phenoxy) is 4. The van der Waals surface area contributed by atoms with Crippen LogP contribution in [0.4, 0.5) is 4.79 Å². The predicted molar refractivity (Wildman–Crippen MR) is 212 cm³/mol. The number of hydrogen-bond acceptors (Lipinski definition) is 10. The number of carbonyl (C=O) groups is 1. The van der Waals surface area contributed by atoms with Crippen LogP contribution in [0.25, 0.3) is 0 Å². The maximum Gasteiger partial charge on any atom is 0.408 e. The van der Waals surface area contributed by atoms with Crippen molar-refractivity contribution >= 4 is 13.7 Å². The molecule has 1 aromatic rings. The van der Waals surface area contributed by atoms with Crippen LogP contribution in [-0.4, -0.2) is 73.1 Å². The first-order valence-electron chi connectivity index (χ1n) is 21.2. The molecule has 0 spiro atoms. The second-order valence-electron chi connectivity index (χ2n) is 19.0. The van der Waals surface area contributed by atoms with Gasteiger partial charge in [0.2, 0.25) is 0 Å². The number of fused-ring (bicyclic) bond motifs is 7. The first-order chi connectivity index (χ1) is 27.0. The number of nitrogens with zero attached hydrogens (tertiary/aromatic N) is 1. The second-order valence-corrected chi connectivity index (χ2v) is 20.8. The third-order valence-electron chi connectivity index (χ3n) is 15.0. The quantitative estimate of drug-likeness (QED) is 0.147. The van der Waals surface area contributed by atoms with E-state index in [1.165, 1.54) is 63.8 Å². The third kappa shape index (κ3) is 8.25. The molecule has 0 aromatic carbocycles. The molecule has 2 saturated heterocycles. The van der Waals surface area contributed by atoms with E-state index in [-0.39, 0.29) is 36.8 Å². The topological polar surface area (TPSA) is 170 Å². The summed E-state index contributed by atoms with van der Waals surface area (Å²) in [5, 5.41) is 2.69. The smallest absolute Gasteiger partial charge is 0.408 e. The maximum atomic E-state index is 12.9. The fourth-order valence-electron chi connectivity index (χ4n) is 12.3. The van der Waals surface area contributed by atoms with Gasteiger partial charge in [-0.1, -0.05) is 77.4 Å². The molecular weight excluding hydrogens is 749 g/mol. The summed E-state index contributed by atoms with van der Waals surface area (Å²) in [6.45, 7) is 13.1. The number of nitrogens with one attached hydrogen (secondary N) is 2. The number of H-pyrrole nitrogens is 1. The van der Waals surface area contributed by atoms with Crippen molar-refractivity contribution in [3.63, 3.8) is 0 Å². The van der Waals surface area contributed by atoms with Gasteiger partial charge < -0.3 is 38.2 Å². The zero-order valence-corrected chi connectivity index (χ0v) is 35.7. The molecule has 316 valence electrons. The Morgan fingerprint density at radius 2 is 1.93 bits per heavy atom. The molecule has 13 nitrogen and oxygen atoms in total. The lowest BCUT2D eigenvalue weighted by molar-refractivity contribution is -0.208. The highest BCUT2D eigenvalue weighted by Crippen LogP contribution is 2.67. The molecule has 0 radical (unpaired) electrons. The van der Waals surface area contributed by atoms with E-state index < -0.39 is 49.0 Å². The molecule has 14 heteroatoms. The molecule has 3 saturated carbocycles. The fraction of sp³-hybridized carbons (Fsp3) is 0.791. The lowest BCUT2D eigenvalue weighted by atomic mass is 9.47. The van der Waals surface area contributed by atoms with Crippen LogP contribution in [-0.2, 0) is 28.0 Å². The minimum absolute atomic E-state index is 0.00332. The molecule has 3 heterocycles. The molecular formula is C43H63N3O10P-. The Bertz CT molecular complexity index is 1930. The van der Waals surface area contributed by atoms with E-state index in [2.05, 4.69) is 62.8 Å². The Morgan fingerprint density at radius 3 is 2.67 bits per heavy atom. The van der Waals surface area contributed by atoms with Crippen LogP contribution in [0.1, 0.15) is 117 Å². The normalized spacial score (nSPS) is 38.2. The van der Waals surface area contributed by atoms with Crippen LogP contribution in [0, 0.1) is 58.2 Å². The van der Waals surface area contributed by atoms with Crippen LogP contribution in [0.2, 0.25) is 0 Å². The number of hydrogen-bond donors (Lipinski definition) is 2. The van der Waals surface area contributed by atoms with Gasteiger partial charge >= 0.3 is 11.8 Å². The number of aromatic nitrogens is 2. The first kappa shape index (κ1) is 42.4. The minimum Gasteiger partial charge on any atom is -0.779 e. The third-order valence-corrected chi connectivity index (χ3v) is 15.6. The molecule has 2 aliphatic heterocycles. The Morgan fingerprint density at radius 1 is 1.14 bits per heavy atom. The lowest BCUT2D eigenvalue weighted by Gasteiger charge is -2.58. The number of alkyl carbamates (subject to hydrolysis) is 1. The summed E-state index contributed by atoms with van der Waals surface area (Å²) >= 11 is 0. The molecule has 2 N–H and O–H groups in total. The van der Waals surface area contributed by atoms with Gasteiger partial charge in [-0.15, -0.1) is 0 Å². The van der Waals surface area contributed by atoms with Crippen LogP contribution >= 0.6 is 7.60 Å². The van der Waals surface area contributed by atoms with E-state index in [1.54, 1.807) is 0 Å². The number of allylic oxidation sites excluding steroid dienone is 1. The fourth-order valence-corrected chi connectivity index (χ4v) is 13.0. The summed E-state index contributed by atoms with van der Waals surface area (Å²) in [6.07, 6.45) is 12.9. The Hall–Kier alpha value is -2.72. The van der Waals surface area contributed by atoms with Crippen molar-refractivity contribution in [3.8, 4) is 11.8 Å². The van der Waals surface area contributed by atoms with Gasteiger partial charge in [-0.05, 0) is 91.3 Å². The summed E-state index contributed by atoms with van der Waals surface area (Å²) in [7, 11) is -2.78. The van der Waals surface area contributed by atoms with Crippen LogP contribution in [0.3, 0.4) is 0 Å². The van der Waals surface area contributed by atoms with E-state index in [9.17, 15) is 23.8 Å². The van der Waals surface area contributed by atoms with E-state index >= 15 is 0 Å². The molecule has 1 aromatic heterocycles. The predicted octanol–water partition coefficient (Wildman–Crippen LogP) is 5.91. The highest BCUT2D eigenvalue weighted by atomic mass is 31.2. The van der Waals surface area contributed by atoms with Gasteiger partial charge in [-0.2, -0.15) is 0 Å². The molecule has 1 amide bonds. The lowest BCUT2D eigenvalue weighted by Crippen LogP contribution is -2.51. The van der Waals surface area contributed by atoms with Crippen molar-refractivity contribution in [1.82, 2.24) is 14.9 Å². The van der Waals surface area contributed by atoms with Gasteiger partial charge in [0.15, 0.2) is 6.23 Å². The van der Waals surface area contributed by atoms with E-state index in [4.69, 9.17) is 23.5 Å². The molecule has 13 atom stereocenters. The van der Waals surface area contributed by atoms with Crippen molar-refractivity contribution in [2.45, 2.75) is 135 Å². The standard InChI is InChI=1S/C43H64N3O10P/c1-26(2)10-8-11-27(3)32-15-16-33-31-14-13-29-22-30(17-19-41(29,4)34(31)18-20-42(32,33)5)54-40(49)44-21-9-12-28-23-46(39(48)45-37(28)47)38-35-36(56-57(7,50)51)43(55-38,24-52-6)25-53-35/h13,23,26-27,30-36,38H,8,10-11,14-22,24-25H2,1-7H3,(H,44,49)(H,50,51)(H,45,47,48)/p-1/t27?,30-,31-,32-,33+,34+,35-,36?,38-,41+,42-,43-/m1/s1. The maximum absolute atomic E-state index is 12.9. The number of aromatic amines is 1. The highest BCUT2D eigenvalue weighted by molar-refractivity contribution is 7.50. The Kier molecular flexibility index (Phi) is 12.2. The molecule has 2 bridgehead atoms. The van der Waals surface area contributed by atoms with Crippen molar-refractivity contribution in [1.29, 1.82) is 0 Å². The monoisotopic (exact) mass is 812 g/mol. The number of methoxy groups -OCH3 is 1. The van der Waals surface area contributed by atoms with Crippen LogP contribution in [0.5, 0.6) is 0 Å². The van der Waals surface area contributed by atoms with Gasteiger partial charge in [0.25, 0.3) is 5.56 Å². The van der Waals surface area contributed by atoms with Crippen LogP contribution < -0.4 is 21.5 Å². The van der Waals surface area contributed by atoms with Crippen molar-refractivity contribution in [2.75, 3.05) is 33.5 Å². The zero-order chi connectivity index (χ0) is 40.9. The molecule has 7 rings (SSSR count). The summed E-state index contributed by atoms with van der Waals surface area (Å²) in [4.78, 5) is 52.8. The second kappa shape index (κ2) is 16.4. The molecule has 6 aliphatic rings. The largest absolute Gasteiger partial charge is 0.779 e. The number of rotatable bonds is 12. The van der Waals surface area contributed by atoms with Crippen molar-refractivity contribution in [2.24, 2.45) is 46.3 Å². The number of carbonyl (C=O) groups excluding carboxylic acids is 1. The summed E-state index contributed by atoms with van der Waals surface area (Å²) in [5.74, 6) is 10.1. The summed E-state index contributed by atoms with van der Waals surface area (Å²) in [5.41, 5.74) is -0.790. The molecule has 5 fully saturated rings. The van der Waals surface area contributed by atoms with Crippen molar-refractivity contribution in [3.05, 3.63) is 44.2 Å². The number of amides is 1. The van der Waals surface area contributed by atoms with Gasteiger partial charge in [0, 0.05) is 26.4 Å². The van der Waals surface area contributed by atoms with E-state index in [0.717, 1.165) is 66.5 Å². The zero-order valence-electron chi connectivity index (χ0n) is 34.8. The minimum atomic E-state index is -4.21. The first-order valence-corrected chi connectivity index (χ1v) is 23.2. The molecule has 4 aliphatic carbocycles. The molecule has 3 unspecified atom stereocenters. The Labute approximate surface area is 336 Å².